The van der Waals surface area contributed by atoms with Crippen molar-refractivity contribution >= 4 is 17.7 Å². The predicted octanol–water partition coefficient (Wildman–Crippen LogP) is 1.97. The number of rotatable bonds is 4. The third-order valence-corrected chi connectivity index (χ3v) is 4.14. The van der Waals surface area contributed by atoms with Gasteiger partial charge in [0.1, 0.15) is 6.04 Å². The van der Waals surface area contributed by atoms with E-state index in [2.05, 4.69) is 5.32 Å². The van der Waals surface area contributed by atoms with Crippen LogP contribution in [0.2, 0.25) is 0 Å². The first-order chi connectivity index (χ1) is 9.11. The Bertz CT molecular complexity index is 466. The maximum Gasteiger partial charge on any atom is 0.320 e. The fraction of sp³-hybridized carbons (Fsp3) is 0.462. The van der Waals surface area contributed by atoms with Crippen molar-refractivity contribution in [2.75, 3.05) is 12.4 Å². The molecule has 0 radical (unpaired) electrons. The molecule has 104 valence electrons. The Morgan fingerprint density at radius 1 is 1.58 bits per heavy atom. The van der Waals surface area contributed by atoms with Crippen molar-refractivity contribution in [3.63, 3.8) is 0 Å². The molecule has 6 heteroatoms. The summed E-state index contributed by atoms with van der Waals surface area (Å²) in [6, 6.07) is 4.60. The van der Waals surface area contributed by atoms with Gasteiger partial charge >= 0.3 is 5.97 Å². The number of thioether (sulfide) groups is 1. The number of benzene rings is 1. The van der Waals surface area contributed by atoms with Gasteiger partial charge in [-0.25, -0.2) is 0 Å². The molecule has 1 heterocycles. The number of ether oxygens (including phenoxy) is 1. The number of aliphatic carboxylic acids is 1. The van der Waals surface area contributed by atoms with Gasteiger partial charge in [-0.15, -0.1) is 11.8 Å². The van der Waals surface area contributed by atoms with Crippen LogP contribution < -0.4 is 10.1 Å². The Balaban J connectivity index is 2.16. The number of carboxylic acids is 1. The van der Waals surface area contributed by atoms with E-state index in [4.69, 9.17) is 9.84 Å². The van der Waals surface area contributed by atoms with E-state index < -0.39 is 12.0 Å². The summed E-state index contributed by atoms with van der Waals surface area (Å²) in [5.74, 6) is 0.495. The lowest BCUT2D eigenvalue weighted by molar-refractivity contribution is -0.139. The van der Waals surface area contributed by atoms with Crippen molar-refractivity contribution in [2.24, 2.45) is 0 Å². The zero-order chi connectivity index (χ0) is 13.8. The van der Waals surface area contributed by atoms with E-state index in [1.807, 2.05) is 6.92 Å². The topological polar surface area (TPSA) is 78.8 Å². The third-order valence-electron chi connectivity index (χ3n) is 2.93. The number of phenols is 1. The lowest BCUT2D eigenvalue weighted by Crippen LogP contribution is -2.41. The molecule has 1 saturated heterocycles. The molecule has 1 aromatic rings. The summed E-state index contributed by atoms with van der Waals surface area (Å²) in [6.07, 6.45) is 0.618. The molecule has 3 N–H and O–H groups in total. The van der Waals surface area contributed by atoms with E-state index in [1.54, 1.807) is 30.0 Å². The van der Waals surface area contributed by atoms with Gasteiger partial charge in [0, 0.05) is 0 Å². The van der Waals surface area contributed by atoms with Gasteiger partial charge in [0.2, 0.25) is 0 Å². The van der Waals surface area contributed by atoms with Crippen LogP contribution in [0, 0.1) is 0 Å². The van der Waals surface area contributed by atoms with Crippen molar-refractivity contribution in [3.05, 3.63) is 23.8 Å². The molecule has 0 aromatic heterocycles. The summed E-state index contributed by atoms with van der Waals surface area (Å²) in [5.41, 5.74) is 0.914. The van der Waals surface area contributed by atoms with Crippen molar-refractivity contribution in [1.29, 1.82) is 0 Å². The summed E-state index contributed by atoms with van der Waals surface area (Å²) >= 11 is 1.66. The van der Waals surface area contributed by atoms with Crippen LogP contribution in [-0.2, 0) is 4.79 Å². The van der Waals surface area contributed by atoms with Gasteiger partial charge in [-0.3, -0.25) is 10.1 Å². The average Bonchev–Trinajstić information content (AvgIpc) is 2.41. The maximum absolute atomic E-state index is 11.0. The van der Waals surface area contributed by atoms with Gasteiger partial charge in [-0.1, -0.05) is 6.07 Å². The highest BCUT2D eigenvalue weighted by atomic mass is 32.2. The summed E-state index contributed by atoms with van der Waals surface area (Å²) in [5, 5.41) is 21.7. The molecule has 5 nitrogen and oxygen atoms in total. The van der Waals surface area contributed by atoms with Crippen molar-refractivity contribution in [2.45, 2.75) is 24.8 Å². The lowest BCUT2D eigenvalue weighted by atomic mass is 10.1. The van der Waals surface area contributed by atoms with Gasteiger partial charge in [-0.05, 0) is 36.8 Å². The SMILES string of the molecule is CCOc1cc(C2NC(C(=O)O)CCS2)ccc1O. The summed E-state index contributed by atoms with van der Waals surface area (Å²) in [4.78, 5) is 11.0. The molecule has 1 aromatic carbocycles. The fourth-order valence-corrected chi connectivity index (χ4v) is 3.18. The van der Waals surface area contributed by atoms with Gasteiger partial charge in [0.25, 0.3) is 0 Å². The van der Waals surface area contributed by atoms with Crippen molar-refractivity contribution in [1.82, 2.24) is 5.32 Å². The summed E-state index contributed by atoms with van der Waals surface area (Å²) in [7, 11) is 0. The highest BCUT2D eigenvalue weighted by molar-refractivity contribution is 7.99. The molecule has 1 aliphatic heterocycles. The largest absolute Gasteiger partial charge is 0.504 e. The first kappa shape index (κ1) is 14.0. The molecule has 2 atom stereocenters. The Hall–Kier alpha value is -1.40. The predicted molar refractivity (Wildman–Crippen MR) is 73.7 cm³/mol. The summed E-state index contributed by atoms with van der Waals surface area (Å²) in [6.45, 7) is 2.32. The van der Waals surface area contributed by atoms with E-state index in [9.17, 15) is 9.90 Å². The lowest BCUT2D eigenvalue weighted by Gasteiger charge is -2.28. The Labute approximate surface area is 116 Å². The third kappa shape index (κ3) is 3.33. The van der Waals surface area contributed by atoms with Crippen LogP contribution in [0.5, 0.6) is 11.5 Å². The highest BCUT2D eigenvalue weighted by Gasteiger charge is 2.27. The molecule has 1 aliphatic rings. The molecular formula is C13H17NO4S. The highest BCUT2D eigenvalue weighted by Crippen LogP contribution is 2.36. The molecule has 0 spiro atoms. The monoisotopic (exact) mass is 283 g/mol. The van der Waals surface area contributed by atoms with E-state index in [0.717, 1.165) is 11.3 Å². The van der Waals surface area contributed by atoms with Crippen molar-refractivity contribution < 1.29 is 19.7 Å². The van der Waals surface area contributed by atoms with Gasteiger partial charge in [0.15, 0.2) is 11.5 Å². The number of hydrogen-bond donors (Lipinski definition) is 3. The second kappa shape index (κ2) is 6.16. The molecular weight excluding hydrogens is 266 g/mol. The number of carbonyl (C=O) groups is 1. The minimum absolute atomic E-state index is 0.0883. The number of aromatic hydroxyl groups is 1. The maximum atomic E-state index is 11.0. The molecule has 0 bridgehead atoms. The second-order valence-electron chi connectivity index (χ2n) is 4.26. The van der Waals surface area contributed by atoms with Crippen LogP contribution in [0.3, 0.4) is 0 Å². The van der Waals surface area contributed by atoms with Crippen LogP contribution in [0.25, 0.3) is 0 Å². The van der Waals surface area contributed by atoms with Crippen LogP contribution in [0.1, 0.15) is 24.3 Å². The van der Waals surface area contributed by atoms with Gasteiger partial charge in [0.05, 0.1) is 12.0 Å². The smallest absolute Gasteiger partial charge is 0.320 e. The molecule has 19 heavy (non-hydrogen) atoms. The number of carboxylic acid groups (broad SMARTS) is 1. The van der Waals surface area contributed by atoms with Gasteiger partial charge < -0.3 is 14.9 Å². The molecule has 0 aliphatic carbocycles. The normalized spacial score (nSPS) is 23.0. The quantitative estimate of drug-likeness (QED) is 0.784. The van der Waals surface area contributed by atoms with E-state index >= 15 is 0 Å². The van der Waals surface area contributed by atoms with E-state index in [1.165, 1.54) is 0 Å². The minimum atomic E-state index is -0.825. The van der Waals surface area contributed by atoms with E-state index in [0.29, 0.717) is 18.8 Å². The van der Waals surface area contributed by atoms with Crippen LogP contribution in [0.4, 0.5) is 0 Å². The molecule has 1 fully saturated rings. The fourth-order valence-electron chi connectivity index (χ4n) is 1.97. The minimum Gasteiger partial charge on any atom is -0.504 e. The van der Waals surface area contributed by atoms with Crippen LogP contribution in [0.15, 0.2) is 18.2 Å². The second-order valence-corrected chi connectivity index (χ2v) is 5.47. The van der Waals surface area contributed by atoms with Gasteiger partial charge in [-0.2, -0.15) is 0 Å². The molecule has 0 saturated carbocycles. The standard InChI is InChI=1S/C13H17NO4S/c1-2-18-11-7-8(3-4-10(11)15)12-14-9(13(16)17)5-6-19-12/h3-4,7,9,12,14-15H,2,5-6H2,1H3,(H,16,17). The number of hydrogen-bond acceptors (Lipinski definition) is 5. The van der Waals surface area contributed by atoms with Crippen LogP contribution in [-0.4, -0.2) is 34.6 Å². The molecule has 2 unspecified atom stereocenters. The van der Waals surface area contributed by atoms with Crippen molar-refractivity contribution in [3.8, 4) is 11.5 Å². The average molecular weight is 283 g/mol. The van der Waals surface area contributed by atoms with Crippen LogP contribution >= 0.6 is 11.8 Å². The van der Waals surface area contributed by atoms with E-state index in [-0.39, 0.29) is 11.1 Å². The molecule has 0 amide bonds. The first-order valence-corrected chi connectivity index (χ1v) is 7.23. The summed E-state index contributed by atoms with van der Waals surface area (Å²) < 4.78 is 5.34. The number of nitrogens with one attached hydrogen (secondary N) is 1. The first-order valence-electron chi connectivity index (χ1n) is 6.18. The molecule has 2 rings (SSSR count). The Kier molecular flexibility index (Phi) is 4.55. The number of phenolic OH excluding ortho intramolecular Hbond substituents is 1. The Morgan fingerprint density at radius 3 is 3.05 bits per heavy atom. The zero-order valence-corrected chi connectivity index (χ0v) is 11.4. The zero-order valence-electron chi connectivity index (χ0n) is 10.6. The Morgan fingerprint density at radius 2 is 2.37 bits per heavy atom.